The average Bonchev–Trinajstić information content (AvgIpc) is 3.47. The zero-order valence-corrected chi connectivity index (χ0v) is 20.0. The fourth-order valence-corrected chi connectivity index (χ4v) is 5.13. The molecule has 1 saturated heterocycles. The number of aromatic nitrogens is 5. The summed E-state index contributed by atoms with van der Waals surface area (Å²) < 4.78 is 2.12. The van der Waals surface area contributed by atoms with Crippen LogP contribution in [-0.2, 0) is 6.54 Å². The van der Waals surface area contributed by atoms with Gasteiger partial charge in [0.05, 0.1) is 17.8 Å². The molecule has 2 atom stereocenters. The largest absolute Gasteiger partial charge is 0.391 e. The molecule has 9 nitrogen and oxygen atoms in total. The van der Waals surface area contributed by atoms with E-state index in [4.69, 9.17) is 10.7 Å². The Morgan fingerprint density at radius 2 is 1.97 bits per heavy atom. The number of pyridine rings is 2. The smallest absolute Gasteiger partial charge is 0.137 e. The van der Waals surface area contributed by atoms with Gasteiger partial charge in [0.15, 0.2) is 0 Å². The van der Waals surface area contributed by atoms with E-state index in [-0.39, 0.29) is 6.04 Å². The first-order valence-corrected chi connectivity index (χ1v) is 12.2. The molecule has 4 aromatic rings. The summed E-state index contributed by atoms with van der Waals surface area (Å²) in [4.78, 5) is 20.3. The van der Waals surface area contributed by atoms with E-state index in [1.54, 1.807) is 6.33 Å². The van der Waals surface area contributed by atoms with Crippen LogP contribution in [0.4, 0.5) is 17.5 Å². The molecule has 0 amide bonds. The van der Waals surface area contributed by atoms with Crippen molar-refractivity contribution in [3.8, 4) is 0 Å². The topological polar surface area (TPSA) is 117 Å². The first-order valence-electron chi connectivity index (χ1n) is 12.2. The summed E-state index contributed by atoms with van der Waals surface area (Å²) in [5.74, 6) is 2.71. The number of hydrogen-bond acceptors (Lipinski definition) is 8. The molecule has 0 aromatic carbocycles. The molecule has 1 saturated carbocycles. The highest BCUT2D eigenvalue weighted by Gasteiger charge is 2.35. The van der Waals surface area contributed by atoms with Crippen molar-refractivity contribution in [3.05, 3.63) is 71.1 Å². The Bertz CT molecular complexity index is 1370. The van der Waals surface area contributed by atoms with Gasteiger partial charge in [-0.3, -0.25) is 0 Å². The van der Waals surface area contributed by atoms with Crippen LogP contribution in [0.25, 0.3) is 5.65 Å². The molecule has 9 heteroatoms. The molecular weight excluding hydrogens is 440 g/mol. The van der Waals surface area contributed by atoms with Crippen molar-refractivity contribution < 1.29 is 5.11 Å². The number of β-amino-alcohol motifs (C(OH)–C–C–N with tert-alkyl or cyclic N) is 1. The molecule has 180 valence electrons. The summed E-state index contributed by atoms with van der Waals surface area (Å²) in [6.45, 7) is 5.09. The van der Waals surface area contributed by atoms with Crippen molar-refractivity contribution in [2.45, 2.75) is 57.7 Å². The summed E-state index contributed by atoms with van der Waals surface area (Å²) in [7, 11) is 0. The first kappa shape index (κ1) is 21.8. The van der Waals surface area contributed by atoms with E-state index in [0.717, 1.165) is 39.8 Å². The maximum atomic E-state index is 10.5. The number of fused-ring (bicyclic) bond motifs is 1. The van der Waals surface area contributed by atoms with Gasteiger partial charge in [-0.15, -0.1) is 0 Å². The van der Waals surface area contributed by atoms with Crippen molar-refractivity contribution in [3.63, 3.8) is 0 Å². The fourth-order valence-electron chi connectivity index (χ4n) is 5.13. The second kappa shape index (κ2) is 8.49. The van der Waals surface area contributed by atoms with Crippen LogP contribution in [0, 0.1) is 13.8 Å². The van der Waals surface area contributed by atoms with Gasteiger partial charge in [-0.25, -0.2) is 19.9 Å². The molecule has 5 heterocycles. The average molecular weight is 471 g/mol. The summed E-state index contributed by atoms with van der Waals surface area (Å²) in [6.07, 6.45) is 8.57. The maximum Gasteiger partial charge on any atom is 0.137 e. The number of aliphatic hydroxyl groups excluding tert-OH is 1. The second-order valence-corrected chi connectivity index (χ2v) is 9.77. The normalized spacial score (nSPS) is 20.0. The number of rotatable bonds is 6. The van der Waals surface area contributed by atoms with Crippen LogP contribution in [0.2, 0.25) is 0 Å². The lowest BCUT2D eigenvalue weighted by Crippen LogP contribution is -2.25. The Balaban J connectivity index is 1.24. The third-order valence-electron chi connectivity index (χ3n) is 7.13. The summed E-state index contributed by atoms with van der Waals surface area (Å²) in [5, 5.41) is 13.9. The van der Waals surface area contributed by atoms with Gasteiger partial charge in [-0.05, 0) is 61.4 Å². The molecule has 1 aliphatic carbocycles. The maximum absolute atomic E-state index is 10.5. The predicted molar refractivity (Wildman–Crippen MR) is 135 cm³/mol. The van der Waals surface area contributed by atoms with E-state index in [1.807, 2.05) is 26.0 Å². The number of aryl methyl sites for hydroxylation is 2. The molecular formula is C26H30N8O. The zero-order chi connectivity index (χ0) is 24.1. The van der Waals surface area contributed by atoms with Gasteiger partial charge in [0.1, 0.15) is 29.4 Å². The SMILES string of the molecule is Cc1cc(N)nc(C)c1CNc1cc(N2CC(O)CC2c2cn3cc(C4CC4)ccc3n2)ncn1. The number of hydrogen-bond donors (Lipinski definition) is 3. The molecule has 4 aromatic heterocycles. The van der Waals surface area contributed by atoms with Crippen molar-refractivity contribution in [2.24, 2.45) is 0 Å². The predicted octanol–water partition coefficient (Wildman–Crippen LogP) is 3.52. The molecule has 2 aliphatic rings. The van der Waals surface area contributed by atoms with Crippen molar-refractivity contribution in [2.75, 3.05) is 22.5 Å². The van der Waals surface area contributed by atoms with Gasteiger partial charge >= 0.3 is 0 Å². The molecule has 35 heavy (non-hydrogen) atoms. The van der Waals surface area contributed by atoms with Crippen LogP contribution in [0.15, 0.2) is 43.0 Å². The highest BCUT2D eigenvalue weighted by atomic mass is 16.3. The molecule has 6 rings (SSSR count). The van der Waals surface area contributed by atoms with E-state index < -0.39 is 6.10 Å². The lowest BCUT2D eigenvalue weighted by atomic mass is 10.1. The number of nitrogens with zero attached hydrogens (tertiary/aromatic N) is 6. The van der Waals surface area contributed by atoms with Crippen molar-refractivity contribution in [1.29, 1.82) is 0 Å². The number of anilines is 3. The monoisotopic (exact) mass is 470 g/mol. The minimum absolute atomic E-state index is 0.0530. The van der Waals surface area contributed by atoms with E-state index >= 15 is 0 Å². The van der Waals surface area contributed by atoms with Crippen LogP contribution >= 0.6 is 0 Å². The lowest BCUT2D eigenvalue weighted by molar-refractivity contribution is 0.194. The van der Waals surface area contributed by atoms with Crippen molar-refractivity contribution >= 4 is 23.1 Å². The van der Waals surface area contributed by atoms with Gasteiger partial charge in [-0.2, -0.15) is 0 Å². The number of imidazole rings is 1. The van der Waals surface area contributed by atoms with Crippen LogP contribution in [0.1, 0.15) is 59.3 Å². The first-order chi connectivity index (χ1) is 16.9. The molecule has 1 aliphatic heterocycles. The van der Waals surface area contributed by atoms with Crippen molar-refractivity contribution in [1.82, 2.24) is 24.3 Å². The zero-order valence-electron chi connectivity index (χ0n) is 20.0. The van der Waals surface area contributed by atoms with E-state index in [9.17, 15) is 5.11 Å². The van der Waals surface area contributed by atoms with Crippen LogP contribution < -0.4 is 16.0 Å². The van der Waals surface area contributed by atoms with Crippen LogP contribution in [0.5, 0.6) is 0 Å². The molecule has 0 spiro atoms. The molecule has 4 N–H and O–H groups in total. The quantitative estimate of drug-likeness (QED) is 0.392. The van der Waals surface area contributed by atoms with Gasteiger partial charge in [-0.1, -0.05) is 6.07 Å². The molecule has 0 radical (unpaired) electrons. The molecule has 0 bridgehead atoms. The number of nitrogens with two attached hydrogens (primary N) is 1. The summed E-state index contributed by atoms with van der Waals surface area (Å²) in [5.41, 5.74) is 12.2. The van der Waals surface area contributed by atoms with Gasteiger partial charge in [0, 0.05) is 43.7 Å². The van der Waals surface area contributed by atoms with Gasteiger partial charge in [0.2, 0.25) is 0 Å². The Morgan fingerprint density at radius 1 is 1.11 bits per heavy atom. The minimum Gasteiger partial charge on any atom is -0.391 e. The Kier molecular flexibility index (Phi) is 5.29. The van der Waals surface area contributed by atoms with Crippen LogP contribution in [-0.4, -0.2) is 42.1 Å². The third kappa shape index (κ3) is 4.27. The number of nitrogens with one attached hydrogen (secondary N) is 1. The Morgan fingerprint density at radius 3 is 2.77 bits per heavy atom. The van der Waals surface area contributed by atoms with E-state index in [2.05, 4.69) is 54.1 Å². The Labute approximate surface area is 204 Å². The highest BCUT2D eigenvalue weighted by molar-refractivity contribution is 5.53. The minimum atomic E-state index is -0.440. The number of nitrogen functional groups attached to an aromatic ring is 1. The van der Waals surface area contributed by atoms with E-state index in [0.29, 0.717) is 31.2 Å². The highest BCUT2D eigenvalue weighted by Crippen LogP contribution is 2.40. The molecule has 2 fully saturated rings. The molecule has 2 unspecified atom stereocenters. The Hall–Kier alpha value is -3.72. The van der Waals surface area contributed by atoms with Crippen LogP contribution in [0.3, 0.4) is 0 Å². The summed E-state index contributed by atoms with van der Waals surface area (Å²) >= 11 is 0. The lowest BCUT2D eigenvalue weighted by Gasteiger charge is -2.24. The van der Waals surface area contributed by atoms with Gasteiger partial charge in [0.25, 0.3) is 0 Å². The number of aliphatic hydroxyl groups is 1. The standard InChI is InChI=1S/C26H30N8O/c1-15-7-23(27)31-16(2)20(15)10-28-24-9-26(30-14-29-24)34-12-19(35)8-22(34)21-13-33-11-18(17-3-4-17)5-6-25(33)32-21/h5-7,9,11,13-14,17,19,22,35H,3-4,8,10,12H2,1-2H3,(H2,27,31)(H,28,29,30). The van der Waals surface area contributed by atoms with Gasteiger partial charge < -0.3 is 25.5 Å². The van der Waals surface area contributed by atoms with E-state index in [1.165, 1.54) is 18.4 Å². The second-order valence-electron chi connectivity index (χ2n) is 9.77. The third-order valence-corrected chi connectivity index (χ3v) is 7.13. The fraction of sp³-hybridized carbons (Fsp3) is 0.385. The summed E-state index contributed by atoms with van der Waals surface area (Å²) in [6, 6.07) is 8.04.